The zero-order valence-corrected chi connectivity index (χ0v) is 14.2. The third-order valence-corrected chi connectivity index (χ3v) is 5.32. The molecule has 126 valence electrons. The van der Waals surface area contributed by atoms with Crippen LogP contribution in [0, 0.1) is 0 Å². The molecule has 24 heavy (non-hydrogen) atoms. The van der Waals surface area contributed by atoms with Gasteiger partial charge in [0.05, 0.1) is 5.75 Å². The number of nitrogens with one attached hydrogen (secondary N) is 1. The molecule has 5 nitrogen and oxygen atoms in total. The van der Waals surface area contributed by atoms with Crippen LogP contribution in [0.4, 0.5) is 0 Å². The van der Waals surface area contributed by atoms with Crippen molar-refractivity contribution in [3.8, 4) is 5.75 Å². The molecule has 3 rings (SSSR count). The summed E-state index contributed by atoms with van der Waals surface area (Å²) < 4.78 is 32.5. The van der Waals surface area contributed by atoms with Gasteiger partial charge >= 0.3 is 5.97 Å². The number of fused-ring (bicyclic) bond motifs is 1. The monoisotopic (exact) mass is 345 g/mol. The van der Waals surface area contributed by atoms with E-state index >= 15 is 0 Å². The Kier molecular flexibility index (Phi) is 4.69. The van der Waals surface area contributed by atoms with Crippen molar-refractivity contribution in [2.24, 2.45) is 0 Å². The summed E-state index contributed by atoms with van der Waals surface area (Å²) in [7, 11) is -3.40. The molecule has 0 bridgehead atoms. The highest BCUT2D eigenvalue weighted by Gasteiger charge is 2.26. The van der Waals surface area contributed by atoms with Crippen LogP contribution in [0.5, 0.6) is 5.75 Å². The zero-order chi connectivity index (χ0) is 17.2. The van der Waals surface area contributed by atoms with Gasteiger partial charge in [-0.2, -0.15) is 0 Å². The van der Waals surface area contributed by atoms with Gasteiger partial charge in [-0.15, -0.1) is 0 Å². The lowest BCUT2D eigenvalue weighted by atomic mass is 10.1. The standard InChI is InChI=1S/C18H19NO4S/c1-13(20)23-18-8-7-15-9-17(10-16(15)11-18)19-24(21,22)12-14-5-3-2-4-6-14/h2-8,11,17,19H,9-10,12H2,1H3. The predicted molar refractivity (Wildman–Crippen MR) is 91.1 cm³/mol. The number of hydrogen-bond donors (Lipinski definition) is 1. The third-order valence-electron chi connectivity index (χ3n) is 3.92. The highest BCUT2D eigenvalue weighted by atomic mass is 32.2. The summed E-state index contributed by atoms with van der Waals surface area (Å²) in [6, 6.07) is 14.4. The Hall–Kier alpha value is -2.18. The summed E-state index contributed by atoms with van der Waals surface area (Å²) in [5.74, 6) is 0.0986. The van der Waals surface area contributed by atoms with Gasteiger partial charge in [-0.25, -0.2) is 13.1 Å². The normalized spacial score (nSPS) is 16.6. The van der Waals surface area contributed by atoms with Gasteiger partial charge < -0.3 is 4.74 Å². The largest absolute Gasteiger partial charge is 0.427 e. The molecule has 0 heterocycles. The second kappa shape index (κ2) is 6.75. The lowest BCUT2D eigenvalue weighted by Crippen LogP contribution is -2.36. The van der Waals surface area contributed by atoms with Crippen molar-refractivity contribution < 1.29 is 17.9 Å². The van der Waals surface area contributed by atoms with Gasteiger partial charge in [0.2, 0.25) is 10.0 Å². The lowest BCUT2D eigenvalue weighted by molar-refractivity contribution is -0.131. The van der Waals surface area contributed by atoms with Crippen molar-refractivity contribution in [3.05, 3.63) is 65.2 Å². The lowest BCUT2D eigenvalue weighted by Gasteiger charge is -2.12. The third kappa shape index (κ3) is 4.21. The van der Waals surface area contributed by atoms with E-state index < -0.39 is 10.0 Å². The molecule has 0 fully saturated rings. The van der Waals surface area contributed by atoms with E-state index in [1.54, 1.807) is 18.2 Å². The van der Waals surface area contributed by atoms with Gasteiger partial charge in [-0.1, -0.05) is 36.4 Å². The molecular formula is C18H19NO4S. The van der Waals surface area contributed by atoms with Crippen molar-refractivity contribution in [2.45, 2.75) is 31.6 Å². The number of esters is 1. The molecule has 1 aliphatic rings. The van der Waals surface area contributed by atoms with Crippen LogP contribution < -0.4 is 9.46 Å². The number of sulfonamides is 1. The first-order valence-electron chi connectivity index (χ1n) is 7.75. The summed E-state index contributed by atoms with van der Waals surface area (Å²) in [5, 5.41) is 0. The molecule has 0 saturated heterocycles. The zero-order valence-electron chi connectivity index (χ0n) is 13.4. The van der Waals surface area contributed by atoms with Gasteiger partial charge in [0.25, 0.3) is 0 Å². The number of ether oxygens (including phenoxy) is 1. The van der Waals surface area contributed by atoms with Crippen molar-refractivity contribution in [1.29, 1.82) is 0 Å². The van der Waals surface area contributed by atoms with Crippen LogP contribution in [-0.4, -0.2) is 20.4 Å². The molecule has 1 aliphatic carbocycles. The minimum atomic E-state index is -3.40. The first kappa shape index (κ1) is 16.7. The van der Waals surface area contributed by atoms with Crippen molar-refractivity contribution in [3.63, 3.8) is 0 Å². The molecule has 0 amide bonds. The molecular weight excluding hydrogens is 326 g/mol. The minimum Gasteiger partial charge on any atom is -0.427 e. The fourth-order valence-electron chi connectivity index (χ4n) is 3.00. The average molecular weight is 345 g/mol. The smallest absolute Gasteiger partial charge is 0.308 e. The Labute approximate surface area is 141 Å². The summed E-state index contributed by atoms with van der Waals surface area (Å²) >= 11 is 0. The molecule has 1 unspecified atom stereocenters. The van der Waals surface area contributed by atoms with Gasteiger partial charge in [0.15, 0.2) is 0 Å². The highest BCUT2D eigenvalue weighted by molar-refractivity contribution is 7.88. The molecule has 0 aliphatic heterocycles. The second-order valence-electron chi connectivity index (χ2n) is 5.99. The maximum atomic E-state index is 12.3. The molecule has 2 aromatic rings. The van der Waals surface area contributed by atoms with E-state index in [0.717, 1.165) is 16.7 Å². The van der Waals surface area contributed by atoms with E-state index in [0.29, 0.717) is 18.6 Å². The van der Waals surface area contributed by atoms with Gasteiger partial charge in [0, 0.05) is 13.0 Å². The molecule has 6 heteroatoms. The summed E-state index contributed by atoms with van der Waals surface area (Å²) in [4.78, 5) is 11.0. The fourth-order valence-corrected chi connectivity index (χ4v) is 4.39. The van der Waals surface area contributed by atoms with E-state index in [2.05, 4.69) is 4.72 Å². The highest BCUT2D eigenvalue weighted by Crippen LogP contribution is 2.27. The van der Waals surface area contributed by atoms with E-state index in [9.17, 15) is 13.2 Å². The minimum absolute atomic E-state index is 0.0284. The Morgan fingerprint density at radius 1 is 1.12 bits per heavy atom. The number of rotatable bonds is 5. The van der Waals surface area contributed by atoms with E-state index in [4.69, 9.17) is 4.74 Å². The number of benzene rings is 2. The van der Waals surface area contributed by atoms with Gasteiger partial charge in [-0.05, 0) is 41.7 Å². The average Bonchev–Trinajstić information content (AvgIpc) is 2.87. The second-order valence-corrected chi connectivity index (χ2v) is 7.75. The molecule has 1 atom stereocenters. The van der Waals surface area contributed by atoms with Gasteiger partial charge in [0.1, 0.15) is 5.75 Å². The molecule has 1 N–H and O–H groups in total. The Morgan fingerprint density at radius 2 is 1.83 bits per heavy atom. The molecule has 2 aromatic carbocycles. The molecule has 0 spiro atoms. The Bertz CT molecular complexity index is 847. The number of carbonyl (C=O) groups is 1. The maximum absolute atomic E-state index is 12.3. The van der Waals surface area contributed by atoms with Gasteiger partial charge in [-0.3, -0.25) is 4.79 Å². The summed E-state index contributed by atoms with van der Waals surface area (Å²) in [6.07, 6.45) is 1.24. The number of hydrogen-bond acceptors (Lipinski definition) is 4. The topological polar surface area (TPSA) is 72.5 Å². The van der Waals surface area contributed by atoms with E-state index in [-0.39, 0.29) is 17.8 Å². The number of carbonyl (C=O) groups excluding carboxylic acids is 1. The SMILES string of the molecule is CC(=O)Oc1ccc2c(c1)CC(NS(=O)(=O)Cc1ccccc1)C2. The van der Waals surface area contributed by atoms with Crippen LogP contribution in [0.25, 0.3) is 0 Å². The fraction of sp³-hybridized carbons (Fsp3) is 0.278. The molecule has 0 radical (unpaired) electrons. The van der Waals surface area contributed by atoms with Crippen molar-refractivity contribution in [2.75, 3.05) is 0 Å². The summed E-state index contributed by atoms with van der Waals surface area (Å²) in [5.41, 5.74) is 2.86. The van der Waals surface area contributed by atoms with E-state index in [1.807, 2.05) is 30.3 Å². The maximum Gasteiger partial charge on any atom is 0.308 e. The molecule has 0 saturated carbocycles. The van der Waals surface area contributed by atoms with Crippen LogP contribution >= 0.6 is 0 Å². The Balaban J connectivity index is 1.66. The Morgan fingerprint density at radius 3 is 2.54 bits per heavy atom. The first-order chi connectivity index (χ1) is 11.4. The first-order valence-corrected chi connectivity index (χ1v) is 9.41. The van der Waals surface area contributed by atoms with Crippen molar-refractivity contribution in [1.82, 2.24) is 4.72 Å². The predicted octanol–water partition coefficient (Wildman–Crippen LogP) is 2.20. The van der Waals surface area contributed by atoms with Crippen LogP contribution in [0.3, 0.4) is 0 Å². The van der Waals surface area contributed by atoms with Crippen LogP contribution in [0.2, 0.25) is 0 Å². The van der Waals surface area contributed by atoms with E-state index in [1.165, 1.54) is 6.92 Å². The van der Waals surface area contributed by atoms with Crippen LogP contribution in [0.15, 0.2) is 48.5 Å². The van der Waals surface area contributed by atoms with Crippen LogP contribution in [0.1, 0.15) is 23.6 Å². The van der Waals surface area contributed by atoms with Crippen LogP contribution in [-0.2, 0) is 33.4 Å². The quantitative estimate of drug-likeness (QED) is 0.666. The van der Waals surface area contributed by atoms with Crippen molar-refractivity contribution >= 4 is 16.0 Å². The molecule has 0 aromatic heterocycles. The summed E-state index contributed by atoms with van der Waals surface area (Å²) in [6.45, 7) is 1.35.